The molecule has 0 aromatic carbocycles. The minimum atomic E-state index is -4.75. The van der Waals surface area contributed by atoms with E-state index in [4.69, 9.17) is 5.11 Å². The van der Waals surface area contributed by atoms with Crippen LogP contribution in [0.3, 0.4) is 0 Å². The van der Waals surface area contributed by atoms with Crippen LogP contribution in [-0.4, -0.2) is 28.8 Å². The van der Waals surface area contributed by atoms with Gasteiger partial charge >= 0.3 is 12.1 Å². The van der Waals surface area contributed by atoms with Crippen LogP contribution >= 0.6 is 0 Å². The summed E-state index contributed by atoms with van der Waals surface area (Å²) in [4.78, 5) is 14.5. The van der Waals surface area contributed by atoms with E-state index in [1.165, 1.54) is 6.20 Å². The first-order valence-electron chi connectivity index (χ1n) is 5.23. The summed E-state index contributed by atoms with van der Waals surface area (Å²) < 4.78 is 37.0. The number of carbonyl (C=O) groups is 1. The Morgan fingerprint density at radius 1 is 1.56 bits per heavy atom. The average Bonchev–Trinajstić information content (AvgIpc) is 2.24. The van der Waals surface area contributed by atoms with E-state index in [-0.39, 0.29) is 6.54 Å². The smallest absolute Gasteiger partial charge is 0.403 e. The van der Waals surface area contributed by atoms with E-state index in [2.05, 4.69) is 10.3 Å². The van der Waals surface area contributed by atoms with E-state index >= 15 is 0 Å². The number of hydrogen-bond acceptors (Lipinski definition) is 3. The second-order valence-corrected chi connectivity index (χ2v) is 3.83. The van der Waals surface area contributed by atoms with Crippen LogP contribution in [0.4, 0.5) is 13.2 Å². The SMILES string of the molecule is Cc1cccnc1CNCC(C(=O)O)C(F)(F)F. The quantitative estimate of drug-likeness (QED) is 0.848. The lowest BCUT2D eigenvalue weighted by Crippen LogP contribution is -2.39. The fourth-order valence-corrected chi connectivity index (χ4v) is 1.38. The largest absolute Gasteiger partial charge is 0.481 e. The third-order valence-electron chi connectivity index (χ3n) is 2.45. The molecule has 0 aliphatic rings. The van der Waals surface area contributed by atoms with Crippen LogP contribution in [0.15, 0.2) is 18.3 Å². The summed E-state index contributed by atoms with van der Waals surface area (Å²) in [7, 11) is 0. The van der Waals surface area contributed by atoms with Gasteiger partial charge in [-0.3, -0.25) is 9.78 Å². The molecule has 0 bridgehead atoms. The van der Waals surface area contributed by atoms with E-state index in [9.17, 15) is 18.0 Å². The summed E-state index contributed by atoms with van der Waals surface area (Å²) in [5.74, 6) is -4.28. The highest BCUT2D eigenvalue weighted by Crippen LogP contribution is 2.25. The Hall–Kier alpha value is -1.63. The number of carboxylic acids is 1. The normalized spacial score (nSPS) is 13.3. The van der Waals surface area contributed by atoms with Crippen molar-refractivity contribution in [1.82, 2.24) is 10.3 Å². The highest BCUT2D eigenvalue weighted by molar-refractivity contribution is 5.71. The second-order valence-electron chi connectivity index (χ2n) is 3.83. The Balaban J connectivity index is 2.55. The zero-order valence-corrected chi connectivity index (χ0v) is 9.66. The van der Waals surface area contributed by atoms with E-state index in [1.807, 2.05) is 0 Å². The Kier molecular flexibility index (Phi) is 4.66. The molecule has 0 amide bonds. The van der Waals surface area contributed by atoms with Gasteiger partial charge in [-0.25, -0.2) is 0 Å². The van der Waals surface area contributed by atoms with Gasteiger partial charge in [-0.2, -0.15) is 13.2 Å². The first-order chi connectivity index (χ1) is 8.32. The molecule has 7 heteroatoms. The van der Waals surface area contributed by atoms with Gasteiger partial charge in [0, 0.05) is 19.3 Å². The summed E-state index contributed by atoms with van der Waals surface area (Å²) >= 11 is 0. The summed E-state index contributed by atoms with van der Waals surface area (Å²) in [5.41, 5.74) is 1.44. The number of hydrogen-bond donors (Lipinski definition) is 2. The van der Waals surface area contributed by atoms with Crippen molar-refractivity contribution in [3.8, 4) is 0 Å². The fourth-order valence-electron chi connectivity index (χ4n) is 1.38. The number of halogens is 3. The number of carboxylic acid groups (broad SMARTS) is 1. The Morgan fingerprint density at radius 3 is 2.72 bits per heavy atom. The van der Waals surface area contributed by atoms with E-state index in [1.54, 1.807) is 19.1 Å². The molecule has 100 valence electrons. The van der Waals surface area contributed by atoms with Gasteiger partial charge in [-0.15, -0.1) is 0 Å². The molecule has 0 spiro atoms. The number of aromatic nitrogens is 1. The molecule has 1 heterocycles. The number of rotatable bonds is 5. The number of alkyl halides is 3. The number of nitrogens with zero attached hydrogens (tertiary/aromatic N) is 1. The van der Waals surface area contributed by atoms with Crippen molar-refractivity contribution < 1.29 is 23.1 Å². The molecular formula is C11H13F3N2O2. The molecule has 0 radical (unpaired) electrons. The van der Waals surface area contributed by atoms with Gasteiger partial charge in [0.1, 0.15) is 0 Å². The average molecular weight is 262 g/mol. The van der Waals surface area contributed by atoms with Crippen molar-refractivity contribution in [3.63, 3.8) is 0 Å². The maximum Gasteiger partial charge on any atom is 0.403 e. The van der Waals surface area contributed by atoms with E-state index in [0.717, 1.165) is 5.56 Å². The first-order valence-corrected chi connectivity index (χ1v) is 5.23. The fraction of sp³-hybridized carbons (Fsp3) is 0.455. The van der Waals surface area contributed by atoms with Crippen molar-refractivity contribution in [3.05, 3.63) is 29.6 Å². The summed E-state index contributed by atoms with van der Waals surface area (Å²) in [6.45, 7) is 1.21. The highest BCUT2D eigenvalue weighted by atomic mass is 19.4. The molecule has 2 N–H and O–H groups in total. The maximum absolute atomic E-state index is 12.3. The minimum Gasteiger partial charge on any atom is -0.481 e. The topological polar surface area (TPSA) is 62.2 Å². The third-order valence-corrected chi connectivity index (χ3v) is 2.45. The molecule has 1 atom stereocenters. The molecular weight excluding hydrogens is 249 g/mol. The van der Waals surface area contributed by atoms with Crippen LogP contribution in [0.2, 0.25) is 0 Å². The molecule has 1 rings (SSSR count). The molecule has 0 saturated heterocycles. The predicted molar refractivity (Wildman–Crippen MR) is 57.9 cm³/mol. The number of aryl methyl sites for hydroxylation is 1. The van der Waals surface area contributed by atoms with Crippen molar-refractivity contribution in [2.45, 2.75) is 19.6 Å². The lowest BCUT2D eigenvalue weighted by atomic mass is 10.1. The molecule has 1 aromatic rings. The van der Waals surface area contributed by atoms with Crippen LogP contribution in [0.25, 0.3) is 0 Å². The predicted octanol–water partition coefficient (Wildman–Crippen LogP) is 1.74. The summed E-state index contributed by atoms with van der Waals surface area (Å²) in [6.07, 6.45) is -3.22. The van der Waals surface area contributed by atoms with E-state index in [0.29, 0.717) is 5.69 Å². The van der Waals surface area contributed by atoms with E-state index < -0.39 is 24.6 Å². The lowest BCUT2D eigenvalue weighted by Gasteiger charge is -2.16. The molecule has 0 fully saturated rings. The first kappa shape index (κ1) is 14.4. The van der Waals surface area contributed by atoms with Crippen molar-refractivity contribution in [2.24, 2.45) is 5.92 Å². The Morgan fingerprint density at radius 2 is 2.22 bits per heavy atom. The second kappa shape index (κ2) is 5.81. The molecule has 18 heavy (non-hydrogen) atoms. The van der Waals surface area contributed by atoms with Crippen LogP contribution in [0.5, 0.6) is 0 Å². The van der Waals surface area contributed by atoms with Gasteiger partial charge in [0.2, 0.25) is 0 Å². The molecule has 1 unspecified atom stereocenters. The van der Waals surface area contributed by atoms with Gasteiger partial charge in [-0.05, 0) is 18.6 Å². The summed E-state index contributed by atoms with van der Waals surface area (Å²) in [6, 6.07) is 3.50. The minimum absolute atomic E-state index is 0.104. The van der Waals surface area contributed by atoms with Gasteiger partial charge in [0.25, 0.3) is 0 Å². The van der Waals surface area contributed by atoms with Crippen LogP contribution in [-0.2, 0) is 11.3 Å². The molecule has 0 saturated carbocycles. The standard InChI is InChI=1S/C11H13F3N2O2/c1-7-3-2-4-16-9(7)6-15-5-8(10(17)18)11(12,13)14/h2-4,8,15H,5-6H2,1H3,(H,17,18). The lowest BCUT2D eigenvalue weighted by molar-refractivity contribution is -0.192. The number of pyridine rings is 1. The van der Waals surface area contributed by atoms with Crippen molar-refractivity contribution in [1.29, 1.82) is 0 Å². The van der Waals surface area contributed by atoms with Gasteiger partial charge in [0.15, 0.2) is 5.92 Å². The van der Waals surface area contributed by atoms with Gasteiger partial charge in [-0.1, -0.05) is 6.07 Å². The molecule has 0 aliphatic carbocycles. The zero-order chi connectivity index (χ0) is 13.8. The van der Waals surface area contributed by atoms with Crippen LogP contribution in [0, 0.1) is 12.8 Å². The number of nitrogens with one attached hydrogen (secondary N) is 1. The third kappa shape index (κ3) is 3.99. The molecule has 4 nitrogen and oxygen atoms in total. The highest BCUT2D eigenvalue weighted by Gasteiger charge is 2.44. The van der Waals surface area contributed by atoms with Crippen LogP contribution in [0.1, 0.15) is 11.3 Å². The van der Waals surface area contributed by atoms with Crippen molar-refractivity contribution >= 4 is 5.97 Å². The zero-order valence-electron chi connectivity index (χ0n) is 9.66. The van der Waals surface area contributed by atoms with Crippen LogP contribution < -0.4 is 5.32 Å². The van der Waals surface area contributed by atoms with Gasteiger partial charge < -0.3 is 10.4 Å². The monoisotopic (exact) mass is 262 g/mol. The Labute approximate surface area is 102 Å². The summed E-state index contributed by atoms with van der Waals surface area (Å²) in [5, 5.41) is 11.0. The molecule has 0 aliphatic heterocycles. The Bertz CT molecular complexity index is 421. The molecule has 1 aromatic heterocycles. The van der Waals surface area contributed by atoms with Crippen molar-refractivity contribution in [2.75, 3.05) is 6.54 Å². The maximum atomic E-state index is 12.3. The van der Waals surface area contributed by atoms with Gasteiger partial charge in [0.05, 0.1) is 5.69 Å². The number of aliphatic carboxylic acids is 1.